The first-order valence-corrected chi connectivity index (χ1v) is 10.7. The van der Waals surface area contributed by atoms with Crippen molar-refractivity contribution in [1.82, 2.24) is 5.32 Å². The Balaban J connectivity index is -0.000000352. The number of amides is 1. The average Bonchev–Trinajstić information content (AvgIpc) is 2.69. The van der Waals surface area contributed by atoms with Crippen molar-refractivity contribution in [3.05, 3.63) is 0 Å². The molecule has 0 radical (unpaired) electrons. The molecule has 0 heterocycles. The molecule has 0 fully saturated rings. The van der Waals surface area contributed by atoms with E-state index in [1.807, 2.05) is 34.0 Å². The smallest absolute Gasteiger partial charge is 0.326 e. The molecule has 0 bridgehead atoms. The van der Waals surface area contributed by atoms with Gasteiger partial charge in [-0.05, 0) is 30.3 Å². The monoisotopic (exact) mass is 439 g/mol. The van der Waals surface area contributed by atoms with Gasteiger partial charge in [0.15, 0.2) is 0 Å². The highest BCUT2D eigenvalue weighted by atomic mass is 32.2. The van der Waals surface area contributed by atoms with Gasteiger partial charge in [0.2, 0.25) is 6.41 Å². The van der Waals surface area contributed by atoms with E-state index in [1.54, 1.807) is 11.8 Å². The molecule has 8 N–H and O–H groups in total. The van der Waals surface area contributed by atoms with E-state index in [0.717, 1.165) is 18.6 Å². The first kappa shape index (κ1) is 31.8. The molecule has 0 aliphatic rings. The van der Waals surface area contributed by atoms with Crippen LogP contribution in [-0.2, 0) is 19.2 Å². The second-order valence-electron chi connectivity index (χ2n) is 6.46. The quantitative estimate of drug-likeness (QED) is 0.237. The van der Waals surface area contributed by atoms with Crippen LogP contribution in [0.1, 0.15) is 47.0 Å². The summed E-state index contributed by atoms with van der Waals surface area (Å²) >= 11 is 1.55. The molecule has 0 saturated carbocycles. The molecule has 10 nitrogen and oxygen atoms in total. The lowest BCUT2D eigenvalue weighted by molar-refractivity contribution is -0.141. The van der Waals surface area contributed by atoms with Crippen molar-refractivity contribution in [2.24, 2.45) is 23.3 Å². The number of carbonyl (C=O) groups excluding carboxylic acids is 1. The van der Waals surface area contributed by atoms with Crippen LogP contribution in [0, 0.1) is 11.8 Å². The zero-order valence-electron chi connectivity index (χ0n) is 17.8. The summed E-state index contributed by atoms with van der Waals surface area (Å²) < 4.78 is 0. The Morgan fingerprint density at radius 1 is 0.931 bits per heavy atom. The van der Waals surface area contributed by atoms with Crippen LogP contribution in [-0.4, -0.2) is 69.8 Å². The maximum atomic E-state index is 10.4. The zero-order chi connectivity index (χ0) is 23.6. The maximum absolute atomic E-state index is 10.4. The molecule has 0 aromatic heterocycles. The minimum atomic E-state index is -0.980. The predicted octanol–water partition coefficient (Wildman–Crippen LogP) is 0.828. The summed E-state index contributed by atoms with van der Waals surface area (Å²) in [6.45, 7) is 7.51. The number of hydrogen-bond donors (Lipinski definition) is 6. The van der Waals surface area contributed by atoms with Gasteiger partial charge in [-0.25, -0.2) is 4.79 Å². The molecule has 0 aliphatic heterocycles. The van der Waals surface area contributed by atoms with Crippen molar-refractivity contribution in [2.45, 2.75) is 65.1 Å². The van der Waals surface area contributed by atoms with E-state index in [9.17, 15) is 19.2 Å². The SMILES string of the molecule is CC[C@H](C)[C@H](N)C(=O)O.CC[C@H](C)[C@H](N)C(=O)O.CSCC[C@H](NC=O)C(=O)O. The number of nitrogens with two attached hydrogens (primary N) is 2. The van der Waals surface area contributed by atoms with Gasteiger partial charge in [-0.15, -0.1) is 0 Å². The second kappa shape index (κ2) is 19.5. The molecule has 1 amide bonds. The van der Waals surface area contributed by atoms with Gasteiger partial charge in [0.25, 0.3) is 0 Å². The van der Waals surface area contributed by atoms with Crippen LogP contribution in [0.15, 0.2) is 0 Å². The first-order valence-electron chi connectivity index (χ1n) is 9.29. The number of carboxylic acids is 3. The van der Waals surface area contributed by atoms with Crippen molar-refractivity contribution in [1.29, 1.82) is 0 Å². The number of rotatable bonds is 12. The lowest BCUT2D eigenvalue weighted by Gasteiger charge is -2.11. The van der Waals surface area contributed by atoms with Crippen molar-refractivity contribution >= 4 is 36.1 Å². The minimum Gasteiger partial charge on any atom is -0.480 e. The molecule has 0 spiro atoms. The van der Waals surface area contributed by atoms with E-state index in [2.05, 4.69) is 5.32 Å². The third-order valence-corrected chi connectivity index (χ3v) is 4.91. The van der Waals surface area contributed by atoms with Crippen molar-refractivity contribution < 1.29 is 34.5 Å². The zero-order valence-corrected chi connectivity index (χ0v) is 18.6. The highest BCUT2D eigenvalue weighted by Crippen LogP contribution is 2.05. The molecule has 0 rings (SSSR count). The number of carbonyl (C=O) groups is 4. The molecular formula is C18H37N3O7S. The highest BCUT2D eigenvalue weighted by Gasteiger charge is 2.18. The summed E-state index contributed by atoms with van der Waals surface area (Å²) in [6.07, 6.45) is 4.40. The predicted molar refractivity (Wildman–Crippen MR) is 114 cm³/mol. The van der Waals surface area contributed by atoms with Crippen molar-refractivity contribution in [2.75, 3.05) is 12.0 Å². The molecule has 0 aromatic carbocycles. The van der Waals surface area contributed by atoms with Crippen LogP contribution in [0.3, 0.4) is 0 Å². The van der Waals surface area contributed by atoms with Crippen LogP contribution >= 0.6 is 11.8 Å². The van der Waals surface area contributed by atoms with E-state index in [-0.39, 0.29) is 11.8 Å². The molecule has 0 aromatic rings. The lowest BCUT2D eigenvalue weighted by Crippen LogP contribution is -2.36. The van der Waals surface area contributed by atoms with Gasteiger partial charge < -0.3 is 32.1 Å². The Kier molecular flexibility index (Phi) is 21.4. The molecule has 0 unspecified atom stereocenters. The third kappa shape index (κ3) is 17.9. The summed E-state index contributed by atoms with van der Waals surface area (Å²) in [6, 6.07) is -2.13. The number of thioether (sulfide) groups is 1. The van der Waals surface area contributed by atoms with Gasteiger partial charge in [-0.2, -0.15) is 11.8 Å². The molecule has 0 saturated heterocycles. The van der Waals surface area contributed by atoms with E-state index in [4.69, 9.17) is 26.8 Å². The molecule has 172 valence electrons. The van der Waals surface area contributed by atoms with Gasteiger partial charge >= 0.3 is 17.9 Å². The van der Waals surface area contributed by atoms with Gasteiger partial charge in [-0.1, -0.05) is 40.5 Å². The Morgan fingerprint density at radius 2 is 1.31 bits per heavy atom. The first-order chi connectivity index (χ1) is 13.4. The fraction of sp³-hybridized carbons (Fsp3) is 0.778. The molecular weight excluding hydrogens is 402 g/mol. The van der Waals surface area contributed by atoms with Crippen LogP contribution in [0.2, 0.25) is 0 Å². The normalized spacial score (nSPS) is 15.0. The third-order valence-electron chi connectivity index (χ3n) is 4.26. The Bertz CT molecular complexity index is 454. The standard InChI is InChI=1S/C6H11NO3S.2C6H13NO2/c1-11-3-2-5(6(9)10)7-4-8;2*1-3-4(2)5(7)6(8)9/h4-5H,2-3H2,1H3,(H,7,8)(H,9,10);2*4-5H,3,7H2,1-2H3,(H,8,9)/t5-;2*4-,5-/m000/s1. The number of aliphatic carboxylic acids is 3. The fourth-order valence-electron chi connectivity index (χ4n) is 1.59. The van der Waals surface area contributed by atoms with Gasteiger partial charge in [0.05, 0.1) is 0 Å². The van der Waals surface area contributed by atoms with Gasteiger partial charge in [0.1, 0.15) is 18.1 Å². The van der Waals surface area contributed by atoms with Crippen molar-refractivity contribution in [3.63, 3.8) is 0 Å². The van der Waals surface area contributed by atoms with Crippen LogP contribution in [0.5, 0.6) is 0 Å². The molecule has 11 heteroatoms. The second-order valence-corrected chi connectivity index (χ2v) is 7.44. The summed E-state index contributed by atoms with van der Waals surface area (Å²) in [5.41, 5.74) is 10.5. The molecule has 29 heavy (non-hydrogen) atoms. The minimum absolute atomic E-state index is 0.0718. The summed E-state index contributed by atoms with van der Waals surface area (Å²) in [5, 5.41) is 27.4. The topological polar surface area (TPSA) is 193 Å². The van der Waals surface area contributed by atoms with E-state index in [0.29, 0.717) is 12.8 Å². The van der Waals surface area contributed by atoms with E-state index >= 15 is 0 Å². The number of carboxylic acid groups (broad SMARTS) is 3. The van der Waals surface area contributed by atoms with Gasteiger partial charge in [0, 0.05) is 0 Å². The Morgan fingerprint density at radius 3 is 1.48 bits per heavy atom. The summed E-state index contributed by atoms with van der Waals surface area (Å²) in [5.74, 6) is -1.93. The lowest BCUT2D eigenvalue weighted by atomic mass is 10.0. The highest BCUT2D eigenvalue weighted by molar-refractivity contribution is 7.98. The van der Waals surface area contributed by atoms with Crippen molar-refractivity contribution in [3.8, 4) is 0 Å². The van der Waals surface area contributed by atoms with E-state index < -0.39 is 36.0 Å². The fourth-order valence-corrected chi connectivity index (χ4v) is 2.06. The number of hydrogen-bond acceptors (Lipinski definition) is 7. The largest absolute Gasteiger partial charge is 0.480 e. The summed E-state index contributed by atoms with van der Waals surface area (Å²) in [7, 11) is 0. The Hall–Kier alpha value is -1.85. The maximum Gasteiger partial charge on any atom is 0.326 e. The molecule has 0 aliphatic carbocycles. The Labute approximate surface area is 176 Å². The van der Waals surface area contributed by atoms with Crippen LogP contribution in [0.4, 0.5) is 0 Å². The number of nitrogens with one attached hydrogen (secondary N) is 1. The van der Waals surface area contributed by atoms with Gasteiger partial charge in [-0.3, -0.25) is 14.4 Å². The average molecular weight is 440 g/mol. The van der Waals surface area contributed by atoms with Crippen LogP contribution in [0.25, 0.3) is 0 Å². The summed E-state index contributed by atoms with van der Waals surface area (Å²) in [4.78, 5) is 40.6. The van der Waals surface area contributed by atoms with E-state index in [1.165, 1.54) is 0 Å². The van der Waals surface area contributed by atoms with Crippen LogP contribution < -0.4 is 16.8 Å². The molecule has 5 atom stereocenters.